The fourth-order valence-electron chi connectivity index (χ4n) is 1.70. The Morgan fingerprint density at radius 1 is 0.895 bits per heavy atom. The fraction of sp³-hybridized carbons (Fsp3) is 0.286. The minimum absolute atomic E-state index is 0.258. The van der Waals surface area contributed by atoms with Crippen LogP contribution in [0.1, 0.15) is 22.5 Å². The first-order valence-corrected chi connectivity index (χ1v) is 6.59. The van der Waals surface area contributed by atoms with Crippen LogP contribution in [0.15, 0.2) is 12.1 Å². The molecule has 0 atom stereocenters. The zero-order valence-electron chi connectivity index (χ0n) is 11.2. The molecule has 0 radical (unpaired) electrons. The summed E-state index contributed by atoms with van der Waals surface area (Å²) in [6, 6.07) is 3.70. The third-order valence-corrected chi connectivity index (χ3v) is 3.70. The van der Waals surface area contributed by atoms with Gasteiger partial charge >= 0.3 is 0 Å². The number of halogens is 2. The smallest absolute Gasteiger partial charge is 0.257 e. The molecule has 100 valence electrons. The summed E-state index contributed by atoms with van der Waals surface area (Å²) in [7, 11) is 0. The normalized spacial score (nSPS) is 10.6. The van der Waals surface area contributed by atoms with Gasteiger partial charge in [-0.1, -0.05) is 23.2 Å². The van der Waals surface area contributed by atoms with Crippen LogP contribution in [0.5, 0.6) is 11.6 Å². The highest BCUT2D eigenvalue weighted by Crippen LogP contribution is 2.31. The largest absolute Gasteiger partial charge is 0.436 e. The number of benzene rings is 1. The summed E-state index contributed by atoms with van der Waals surface area (Å²) in [5.41, 5.74) is 3.48. The van der Waals surface area contributed by atoms with Crippen molar-refractivity contribution >= 4 is 23.2 Å². The predicted octanol–water partition coefficient (Wildman–Crippen LogP) is 4.81. The molecule has 19 heavy (non-hydrogen) atoms. The molecule has 1 aromatic carbocycles. The maximum absolute atomic E-state index is 6.12. The highest BCUT2D eigenvalue weighted by atomic mass is 35.5. The van der Waals surface area contributed by atoms with Crippen LogP contribution >= 0.6 is 23.2 Å². The molecule has 0 aliphatic heterocycles. The number of hydrogen-bond donors (Lipinski definition) is 0. The number of aryl methyl sites for hydroxylation is 4. The molecule has 0 aliphatic carbocycles. The number of aromatic nitrogens is 2. The minimum atomic E-state index is 0.258. The quantitative estimate of drug-likeness (QED) is 0.798. The lowest BCUT2D eigenvalue weighted by atomic mass is 10.1. The first-order valence-electron chi connectivity index (χ1n) is 5.84. The number of nitrogens with zero attached hydrogens (tertiary/aromatic N) is 2. The number of ether oxygens (including phenoxy) is 1. The molecule has 0 spiro atoms. The van der Waals surface area contributed by atoms with Crippen LogP contribution in [0.4, 0.5) is 0 Å². The molecule has 2 aromatic rings. The molecule has 1 heterocycles. The van der Waals surface area contributed by atoms with Gasteiger partial charge in [0.25, 0.3) is 5.88 Å². The van der Waals surface area contributed by atoms with E-state index in [0.29, 0.717) is 11.6 Å². The Morgan fingerprint density at radius 2 is 1.42 bits per heavy atom. The van der Waals surface area contributed by atoms with Crippen molar-refractivity contribution in [1.29, 1.82) is 0 Å². The number of hydrogen-bond acceptors (Lipinski definition) is 3. The molecule has 2 rings (SSSR count). The molecular formula is C14H14Cl2N2O. The standard InChI is InChI=1S/C14H14Cl2N2O/c1-7-5-11(6-8(2)12(7)15)19-14-13(16)17-9(3)10(4)18-14/h5-6H,1-4H3. The molecule has 0 N–H and O–H groups in total. The second-order valence-electron chi connectivity index (χ2n) is 4.46. The summed E-state index contributed by atoms with van der Waals surface area (Å²) in [6.07, 6.45) is 0. The van der Waals surface area contributed by atoms with Gasteiger partial charge in [-0.25, -0.2) is 9.97 Å². The zero-order valence-corrected chi connectivity index (χ0v) is 12.7. The topological polar surface area (TPSA) is 35.0 Å². The summed E-state index contributed by atoms with van der Waals surface area (Å²) in [5, 5.41) is 0.998. The van der Waals surface area contributed by atoms with E-state index in [1.165, 1.54) is 0 Å². The van der Waals surface area contributed by atoms with E-state index in [9.17, 15) is 0 Å². The van der Waals surface area contributed by atoms with E-state index < -0.39 is 0 Å². The van der Waals surface area contributed by atoms with Crippen molar-refractivity contribution in [3.8, 4) is 11.6 Å². The Morgan fingerprint density at radius 3 is 2.00 bits per heavy atom. The van der Waals surface area contributed by atoms with Crippen molar-refractivity contribution in [1.82, 2.24) is 9.97 Å². The van der Waals surface area contributed by atoms with Gasteiger partial charge in [0.05, 0.1) is 11.4 Å². The molecule has 1 aromatic heterocycles. The molecule has 0 aliphatic rings. The average Bonchev–Trinajstić information content (AvgIpc) is 2.33. The Balaban J connectivity index is 2.39. The predicted molar refractivity (Wildman–Crippen MR) is 77.5 cm³/mol. The highest BCUT2D eigenvalue weighted by molar-refractivity contribution is 6.32. The van der Waals surface area contributed by atoms with Crippen molar-refractivity contribution in [2.45, 2.75) is 27.7 Å². The summed E-state index contributed by atoms with van der Waals surface area (Å²) in [4.78, 5) is 8.48. The zero-order chi connectivity index (χ0) is 14.2. The molecule has 0 saturated heterocycles. The van der Waals surface area contributed by atoms with Gasteiger partial charge in [-0.3, -0.25) is 0 Å². The summed E-state index contributed by atoms with van der Waals surface area (Å²) < 4.78 is 5.70. The van der Waals surface area contributed by atoms with Crippen LogP contribution in [0, 0.1) is 27.7 Å². The van der Waals surface area contributed by atoms with Gasteiger partial charge in [0.2, 0.25) is 0 Å². The summed E-state index contributed by atoms with van der Waals surface area (Å²) in [6.45, 7) is 7.57. The Kier molecular flexibility index (Phi) is 3.97. The number of rotatable bonds is 2. The van der Waals surface area contributed by atoms with Crippen LogP contribution in [0.3, 0.4) is 0 Å². The maximum atomic E-state index is 6.12. The van der Waals surface area contributed by atoms with Gasteiger partial charge in [-0.15, -0.1) is 0 Å². The second-order valence-corrected chi connectivity index (χ2v) is 5.20. The minimum Gasteiger partial charge on any atom is -0.436 e. The van der Waals surface area contributed by atoms with Gasteiger partial charge in [-0.05, 0) is 51.0 Å². The van der Waals surface area contributed by atoms with Crippen molar-refractivity contribution in [3.63, 3.8) is 0 Å². The fourth-order valence-corrected chi connectivity index (χ4v) is 2.01. The van der Waals surface area contributed by atoms with Crippen LogP contribution in [0.25, 0.3) is 0 Å². The Labute approximate surface area is 122 Å². The lowest BCUT2D eigenvalue weighted by Crippen LogP contribution is -1.98. The third kappa shape index (κ3) is 2.99. The van der Waals surface area contributed by atoms with E-state index in [-0.39, 0.29) is 5.15 Å². The van der Waals surface area contributed by atoms with Crippen molar-refractivity contribution < 1.29 is 4.74 Å². The molecule has 5 heteroatoms. The van der Waals surface area contributed by atoms with E-state index in [0.717, 1.165) is 27.5 Å². The Hall–Kier alpha value is -1.32. The molecule has 3 nitrogen and oxygen atoms in total. The van der Waals surface area contributed by atoms with E-state index in [2.05, 4.69) is 9.97 Å². The lowest BCUT2D eigenvalue weighted by Gasteiger charge is -2.10. The van der Waals surface area contributed by atoms with Gasteiger partial charge in [0.15, 0.2) is 5.15 Å². The van der Waals surface area contributed by atoms with E-state index in [4.69, 9.17) is 27.9 Å². The molecule has 0 saturated carbocycles. The van der Waals surface area contributed by atoms with E-state index in [1.807, 2.05) is 39.8 Å². The maximum Gasteiger partial charge on any atom is 0.257 e. The van der Waals surface area contributed by atoms with Crippen LogP contribution in [-0.4, -0.2) is 9.97 Å². The first-order chi connectivity index (χ1) is 8.88. The third-order valence-electron chi connectivity index (χ3n) is 2.86. The van der Waals surface area contributed by atoms with Crippen molar-refractivity contribution in [3.05, 3.63) is 44.8 Å². The SMILES string of the molecule is Cc1cc(Oc2nc(C)c(C)nc2Cl)cc(C)c1Cl. The summed E-state index contributed by atoms with van der Waals surface area (Å²) >= 11 is 12.2. The van der Waals surface area contributed by atoms with Crippen LogP contribution in [-0.2, 0) is 0 Å². The molecule has 0 fully saturated rings. The second kappa shape index (κ2) is 5.35. The van der Waals surface area contributed by atoms with Gasteiger partial charge < -0.3 is 4.74 Å². The van der Waals surface area contributed by atoms with Crippen LogP contribution in [0.2, 0.25) is 10.2 Å². The Bertz CT molecular complexity index is 619. The monoisotopic (exact) mass is 296 g/mol. The first kappa shape index (κ1) is 14.1. The van der Waals surface area contributed by atoms with Crippen molar-refractivity contribution in [2.75, 3.05) is 0 Å². The van der Waals surface area contributed by atoms with Gasteiger partial charge in [0, 0.05) is 5.02 Å². The molecule has 0 amide bonds. The van der Waals surface area contributed by atoms with Gasteiger partial charge in [0.1, 0.15) is 5.75 Å². The average molecular weight is 297 g/mol. The van der Waals surface area contributed by atoms with Crippen LogP contribution < -0.4 is 4.74 Å². The molecular weight excluding hydrogens is 283 g/mol. The highest BCUT2D eigenvalue weighted by Gasteiger charge is 2.11. The molecule has 0 bridgehead atoms. The molecule has 0 unspecified atom stereocenters. The van der Waals surface area contributed by atoms with Gasteiger partial charge in [-0.2, -0.15) is 0 Å². The summed E-state index contributed by atoms with van der Waals surface area (Å²) in [5.74, 6) is 0.963. The van der Waals surface area contributed by atoms with E-state index in [1.54, 1.807) is 0 Å². The van der Waals surface area contributed by atoms with E-state index >= 15 is 0 Å². The van der Waals surface area contributed by atoms with Crippen molar-refractivity contribution in [2.24, 2.45) is 0 Å². The lowest BCUT2D eigenvalue weighted by molar-refractivity contribution is 0.457.